The van der Waals surface area contributed by atoms with Crippen molar-refractivity contribution in [2.24, 2.45) is 4.99 Å². The third-order valence-corrected chi connectivity index (χ3v) is 2.92. The van der Waals surface area contributed by atoms with Crippen molar-refractivity contribution in [3.63, 3.8) is 0 Å². The van der Waals surface area contributed by atoms with Crippen molar-refractivity contribution in [1.29, 1.82) is 0 Å². The molecule has 2 aromatic carbocycles. The smallest absolute Gasteiger partial charge is 0.214 e. The van der Waals surface area contributed by atoms with Gasteiger partial charge in [-0.2, -0.15) is 0 Å². The number of aryl methyl sites for hydroxylation is 1. The molecule has 0 aromatic heterocycles. The molecule has 1 aliphatic heterocycles. The lowest BCUT2D eigenvalue weighted by Crippen LogP contribution is -2.10. The zero-order valence-corrected chi connectivity index (χ0v) is 9.47. The predicted molar refractivity (Wildman–Crippen MR) is 68.1 cm³/mol. The molecule has 0 bridgehead atoms. The van der Waals surface area contributed by atoms with Crippen LogP contribution in [0.2, 0.25) is 0 Å². The fourth-order valence-corrected chi connectivity index (χ4v) is 1.97. The summed E-state index contributed by atoms with van der Waals surface area (Å²) in [4.78, 5) is 16.6. The second-order valence-corrected chi connectivity index (χ2v) is 4.17. The van der Waals surface area contributed by atoms with Crippen LogP contribution in [0.3, 0.4) is 0 Å². The first-order valence-electron chi connectivity index (χ1n) is 5.55. The molecule has 0 fully saturated rings. The van der Waals surface area contributed by atoms with Gasteiger partial charge in [0.25, 0.3) is 0 Å². The van der Waals surface area contributed by atoms with Crippen LogP contribution in [0.15, 0.2) is 53.5 Å². The molecule has 0 saturated carbocycles. The standard InChI is InChI=1S/C15H11NO/c1-10-6-8-11(9-7-10)14-15(17)12-4-2-3-5-13(12)16-14/h2-9H,1H3. The van der Waals surface area contributed by atoms with Crippen molar-refractivity contribution in [3.05, 3.63) is 65.2 Å². The van der Waals surface area contributed by atoms with Gasteiger partial charge < -0.3 is 0 Å². The van der Waals surface area contributed by atoms with Crippen LogP contribution in [0.5, 0.6) is 0 Å². The summed E-state index contributed by atoms with van der Waals surface area (Å²) in [7, 11) is 0. The number of fused-ring (bicyclic) bond motifs is 1. The number of carbonyl (C=O) groups excluding carboxylic acids is 1. The van der Waals surface area contributed by atoms with Gasteiger partial charge in [0.05, 0.1) is 5.69 Å². The van der Waals surface area contributed by atoms with Gasteiger partial charge in [-0.15, -0.1) is 0 Å². The maximum absolute atomic E-state index is 12.2. The van der Waals surface area contributed by atoms with E-state index in [0.29, 0.717) is 11.3 Å². The largest absolute Gasteiger partial charge is 0.287 e. The van der Waals surface area contributed by atoms with Crippen molar-refractivity contribution in [1.82, 2.24) is 0 Å². The van der Waals surface area contributed by atoms with Crippen molar-refractivity contribution in [2.45, 2.75) is 6.92 Å². The Bertz CT molecular complexity index is 624. The third-order valence-electron chi connectivity index (χ3n) is 2.92. The van der Waals surface area contributed by atoms with Gasteiger partial charge in [-0.1, -0.05) is 42.0 Å². The number of Topliss-reactive ketones (excluding diaryl/α,β-unsaturated/α-hetero) is 1. The molecule has 0 amide bonds. The van der Waals surface area contributed by atoms with E-state index in [-0.39, 0.29) is 5.78 Å². The van der Waals surface area contributed by atoms with Crippen molar-refractivity contribution >= 4 is 17.2 Å². The molecule has 17 heavy (non-hydrogen) atoms. The minimum Gasteiger partial charge on any atom is -0.287 e. The highest BCUT2D eigenvalue weighted by Crippen LogP contribution is 2.28. The summed E-state index contributed by atoms with van der Waals surface area (Å²) in [5.41, 5.74) is 4.08. The zero-order valence-electron chi connectivity index (χ0n) is 9.47. The fourth-order valence-electron chi connectivity index (χ4n) is 1.97. The summed E-state index contributed by atoms with van der Waals surface area (Å²) >= 11 is 0. The quantitative estimate of drug-likeness (QED) is 0.726. The van der Waals surface area contributed by atoms with Gasteiger partial charge in [0.1, 0.15) is 5.71 Å². The van der Waals surface area contributed by atoms with Crippen LogP contribution >= 0.6 is 0 Å². The highest BCUT2D eigenvalue weighted by atomic mass is 16.1. The van der Waals surface area contributed by atoms with Crippen LogP contribution in [0.4, 0.5) is 5.69 Å². The Hall–Kier alpha value is -2.22. The Balaban J connectivity index is 2.08. The number of carbonyl (C=O) groups is 1. The molecule has 2 heteroatoms. The number of ketones is 1. The van der Waals surface area contributed by atoms with Crippen LogP contribution in [0.1, 0.15) is 21.5 Å². The molecule has 1 aliphatic rings. The van der Waals surface area contributed by atoms with Gasteiger partial charge >= 0.3 is 0 Å². The number of nitrogens with zero attached hydrogens (tertiary/aromatic N) is 1. The highest BCUT2D eigenvalue weighted by Gasteiger charge is 2.24. The zero-order chi connectivity index (χ0) is 11.8. The first-order valence-corrected chi connectivity index (χ1v) is 5.55. The average Bonchev–Trinajstić information content (AvgIpc) is 2.69. The van der Waals surface area contributed by atoms with Gasteiger partial charge in [-0.3, -0.25) is 4.79 Å². The summed E-state index contributed by atoms with van der Waals surface area (Å²) in [5.74, 6) is 0.0180. The second kappa shape index (κ2) is 3.67. The monoisotopic (exact) mass is 221 g/mol. The summed E-state index contributed by atoms with van der Waals surface area (Å²) in [6, 6.07) is 15.3. The van der Waals surface area contributed by atoms with Gasteiger partial charge in [0, 0.05) is 11.1 Å². The molecule has 0 atom stereocenters. The van der Waals surface area contributed by atoms with E-state index in [1.54, 1.807) is 0 Å². The maximum atomic E-state index is 12.2. The van der Waals surface area contributed by atoms with Crippen molar-refractivity contribution < 1.29 is 4.79 Å². The SMILES string of the molecule is Cc1ccc(C2=Nc3ccccc3C2=O)cc1. The lowest BCUT2D eigenvalue weighted by atomic mass is 10.0. The van der Waals surface area contributed by atoms with Crippen LogP contribution < -0.4 is 0 Å². The number of para-hydroxylation sites is 1. The summed E-state index contributed by atoms with van der Waals surface area (Å²) < 4.78 is 0. The molecule has 0 spiro atoms. The Kier molecular flexibility index (Phi) is 2.15. The molecular formula is C15H11NO. The first kappa shape index (κ1) is 9.97. The van der Waals surface area contributed by atoms with Crippen LogP contribution in [0.25, 0.3) is 0 Å². The summed E-state index contributed by atoms with van der Waals surface area (Å²) in [6.07, 6.45) is 0. The fraction of sp³-hybridized carbons (Fsp3) is 0.0667. The lowest BCUT2D eigenvalue weighted by Gasteiger charge is -1.99. The summed E-state index contributed by atoms with van der Waals surface area (Å²) in [5, 5.41) is 0. The molecule has 0 saturated heterocycles. The first-order chi connectivity index (χ1) is 8.25. The Morgan fingerprint density at radius 1 is 0.941 bits per heavy atom. The van der Waals surface area contributed by atoms with E-state index in [2.05, 4.69) is 4.99 Å². The minimum atomic E-state index is 0.0180. The Labute approximate surface area is 99.6 Å². The molecular weight excluding hydrogens is 210 g/mol. The van der Waals surface area contributed by atoms with E-state index >= 15 is 0 Å². The van der Waals surface area contributed by atoms with Gasteiger partial charge in [0.15, 0.2) is 0 Å². The molecule has 0 radical (unpaired) electrons. The predicted octanol–water partition coefficient (Wildman–Crippen LogP) is 3.31. The van der Waals surface area contributed by atoms with E-state index < -0.39 is 0 Å². The van der Waals surface area contributed by atoms with Crippen LogP contribution in [-0.4, -0.2) is 11.5 Å². The van der Waals surface area contributed by atoms with Gasteiger partial charge in [0.2, 0.25) is 5.78 Å². The van der Waals surface area contributed by atoms with Crippen molar-refractivity contribution in [2.75, 3.05) is 0 Å². The molecule has 2 aromatic rings. The number of hydrogen-bond acceptors (Lipinski definition) is 2. The Morgan fingerprint density at radius 2 is 1.65 bits per heavy atom. The molecule has 1 heterocycles. The topological polar surface area (TPSA) is 29.4 Å². The van der Waals surface area contributed by atoms with E-state index in [0.717, 1.165) is 11.3 Å². The Morgan fingerprint density at radius 3 is 2.35 bits per heavy atom. The van der Waals surface area contributed by atoms with Crippen LogP contribution in [-0.2, 0) is 0 Å². The normalized spacial score (nSPS) is 13.5. The molecule has 0 N–H and O–H groups in total. The average molecular weight is 221 g/mol. The molecule has 82 valence electrons. The number of aliphatic imine (C=N–C) groups is 1. The maximum Gasteiger partial charge on any atom is 0.214 e. The van der Waals surface area contributed by atoms with E-state index in [9.17, 15) is 4.79 Å². The van der Waals surface area contributed by atoms with E-state index in [1.807, 2.05) is 55.5 Å². The molecule has 0 aliphatic carbocycles. The van der Waals surface area contributed by atoms with Crippen LogP contribution in [0, 0.1) is 6.92 Å². The number of benzene rings is 2. The lowest BCUT2D eigenvalue weighted by molar-refractivity contribution is 0.107. The number of hydrogen-bond donors (Lipinski definition) is 0. The third kappa shape index (κ3) is 1.58. The molecule has 0 unspecified atom stereocenters. The van der Waals surface area contributed by atoms with E-state index in [1.165, 1.54) is 5.56 Å². The highest BCUT2D eigenvalue weighted by molar-refractivity contribution is 6.54. The summed E-state index contributed by atoms with van der Waals surface area (Å²) in [6.45, 7) is 2.02. The minimum absolute atomic E-state index is 0.0180. The molecule has 2 nitrogen and oxygen atoms in total. The van der Waals surface area contributed by atoms with E-state index in [4.69, 9.17) is 0 Å². The number of rotatable bonds is 1. The molecule has 3 rings (SSSR count). The van der Waals surface area contributed by atoms with Gasteiger partial charge in [-0.25, -0.2) is 4.99 Å². The second-order valence-electron chi connectivity index (χ2n) is 4.17. The van der Waals surface area contributed by atoms with Crippen molar-refractivity contribution in [3.8, 4) is 0 Å². The van der Waals surface area contributed by atoms with Gasteiger partial charge in [-0.05, 0) is 19.1 Å².